The minimum atomic E-state index is -0.292. The number of halogens is 2. The first-order valence-electron chi connectivity index (χ1n) is 6.15. The Kier molecular flexibility index (Phi) is 4.82. The van der Waals surface area contributed by atoms with Crippen LogP contribution in [0.25, 0.3) is 0 Å². The van der Waals surface area contributed by atoms with Gasteiger partial charge in [0.15, 0.2) is 0 Å². The summed E-state index contributed by atoms with van der Waals surface area (Å²) in [6, 6.07) is 4.26. The molecule has 0 saturated heterocycles. The molecule has 1 aromatic carbocycles. The molecule has 0 spiro atoms. The molecular weight excluding hydrogens is 265 g/mol. The Morgan fingerprint density at radius 3 is 2.74 bits per heavy atom. The van der Waals surface area contributed by atoms with Crippen molar-refractivity contribution in [3.8, 4) is 0 Å². The summed E-state index contributed by atoms with van der Waals surface area (Å²) in [6.45, 7) is 2.82. The lowest BCUT2D eigenvalue weighted by Gasteiger charge is -2.19. The quantitative estimate of drug-likeness (QED) is 0.912. The topological polar surface area (TPSA) is 37.8 Å². The third-order valence-corrected chi connectivity index (χ3v) is 3.02. The van der Waals surface area contributed by atoms with Crippen LogP contribution in [0.5, 0.6) is 0 Å². The van der Waals surface area contributed by atoms with E-state index in [4.69, 9.17) is 11.6 Å². The Morgan fingerprint density at radius 2 is 2.05 bits per heavy atom. The van der Waals surface area contributed by atoms with Gasteiger partial charge in [-0.25, -0.2) is 14.4 Å². The van der Waals surface area contributed by atoms with Crippen molar-refractivity contribution in [2.75, 3.05) is 6.54 Å². The van der Waals surface area contributed by atoms with Gasteiger partial charge in [0.1, 0.15) is 12.1 Å². The zero-order valence-electron chi connectivity index (χ0n) is 10.6. The second-order valence-corrected chi connectivity index (χ2v) is 4.66. The number of nitrogens with zero attached hydrogens (tertiary/aromatic N) is 2. The van der Waals surface area contributed by atoms with Gasteiger partial charge in [0.2, 0.25) is 0 Å². The Balaban J connectivity index is 2.40. The molecule has 0 amide bonds. The van der Waals surface area contributed by atoms with Crippen molar-refractivity contribution in [1.29, 1.82) is 0 Å². The molecule has 0 aliphatic heterocycles. The van der Waals surface area contributed by atoms with Gasteiger partial charge in [0.25, 0.3) is 0 Å². The third-order valence-electron chi connectivity index (χ3n) is 2.78. The van der Waals surface area contributed by atoms with E-state index >= 15 is 0 Å². The first kappa shape index (κ1) is 13.9. The molecule has 3 nitrogen and oxygen atoms in total. The molecule has 1 aromatic heterocycles. The highest BCUT2D eigenvalue weighted by Gasteiger charge is 2.18. The van der Waals surface area contributed by atoms with E-state index in [0.29, 0.717) is 10.6 Å². The van der Waals surface area contributed by atoms with Crippen molar-refractivity contribution >= 4 is 11.6 Å². The SMILES string of the molecule is CCCNC(c1cncnc1)c1cc(Cl)ccc1F. The Morgan fingerprint density at radius 1 is 1.32 bits per heavy atom. The number of benzene rings is 1. The van der Waals surface area contributed by atoms with E-state index in [0.717, 1.165) is 18.5 Å². The van der Waals surface area contributed by atoms with Crippen LogP contribution in [0.1, 0.15) is 30.5 Å². The van der Waals surface area contributed by atoms with Gasteiger partial charge in [0.05, 0.1) is 6.04 Å². The van der Waals surface area contributed by atoms with Crippen molar-refractivity contribution in [2.45, 2.75) is 19.4 Å². The molecule has 0 aliphatic rings. The largest absolute Gasteiger partial charge is 0.306 e. The van der Waals surface area contributed by atoms with Gasteiger partial charge in [-0.3, -0.25) is 0 Å². The summed E-state index contributed by atoms with van der Waals surface area (Å²) in [5.41, 5.74) is 1.33. The number of nitrogens with one attached hydrogen (secondary N) is 1. The standard InChI is InChI=1S/C14H15ClFN3/c1-2-5-19-14(10-7-17-9-18-8-10)12-6-11(15)3-4-13(12)16/h3-4,6-9,14,19H,2,5H2,1H3. The van der Waals surface area contributed by atoms with Crippen LogP contribution in [-0.4, -0.2) is 16.5 Å². The van der Waals surface area contributed by atoms with E-state index in [1.165, 1.54) is 12.4 Å². The van der Waals surface area contributed by atoms with Crippen molar-refractivity contribution in [3.05, 3.63) is 58.9 Å². The van der Waals surface area contributed by atoms with Gasteiger partial charge >= 0.3 is 0 Å². The molecule has 19 heavy (non-hydrogen) atoms. The summed E-state index contributed by atoms with van der Waals surface area (Å²) in [7, 11) is 0. The highest BCUT2D eigenvalue weighted by Crippen LogP contribution is 2.26. The lowest BCUT2D eigenvalue weighted by atomic mass is 10.0. The molecule has 1 N–H and O–H groups in total. The molecular formula is C14H15ClFN3. The fraction of sp³-hybridized carbons (Fsp3) is 0.286. The fourth-order valence-corrected chi connectivity index (χ4v) is 2.07. The summed E-state index contributed by atoms with van der Waals surface area (Å²) in [4.78, 5) is 7.97. The van der Waals surface area contributed by atoms with E-state index in [-0.39, 0.29) is 11.9 Å². The first-order valence-corrected chi connectivity index (χ1v) is 6.53. The van der Waals surface area contributed by atoms with E-state index in [9.17, 15) is 4.39 Å². The summed E-state index contributed by atoms with van der Waals surface area (Å²) in [5, 5.41) is 3.80. The molecule has 0 fully saturated rings. The van der Waals surface area contributed by atoms with E-state index in [1.807, 2.05) is 0 Å². The van der Waals surface area contributed by atoms with Crippen LogP contribution in [0.4, 0.5) is 4.39 Å². The molecule has 2 aromatic rings. The third kappa shape index (κ3) is 3.49. The molecule has 1 atom stereocenters. The van der Waals surface area contributed by atoms with Crippen molar-refractivity contribution in [1.82, 2.24) is 15.3 Å². The maximum atomic E-state index is 14.0. The zero-order chi connectivity index (χ0) is 13.7. The van der Waals surface area contributed by atoms with E-state index in [2.05, 4.69) is 22.2 Å². The summed E-state index contributed by atoms with van der Waals surface area (Å²) < 4.78 is 14.0. The van der Waals surface area contributed by atoms with Crippen LogP contribution in [0.15, 0.2) is 36.9 Å². The molecule has 2 rings (SSSR count). The maximum Gasteiger partial charge on any atom is 0.128 e. The highest BCUT2D eigenvalue weighted by atomic mass is 35.5. The monoisotopic (exact) mass is 279 g/mol. The average molecular weight is 280 g/mol. The van der Waals surface area contributed by atoms with Crippen LogP contribution >= 0.6 is 11.6 Å². The fourth-order valence-electron chi connectivity index (χ4n) is 1.89. The number of rotatable bonds is 5. The van der Waals surface area contributed by atoms with Crippen molar-refractivity contribution in [2.24, 2.45) is 0 Å². The predicted molar refractivity (Wildman–Crippen MR) is 73.6 cm³/mol. The molecule has 1 heterocycles. The van der Waals surface area contributed by atoms with Gasteiger partial charge in [-0.05, 0) is 31.2 Å². The minimum Gasteiger partial charge on any atom is -0.306 e. The van der Waals surface area contributed by atoms with E-state index in [1.54, 1.807) is 24.5 Å². The molecule has 0 aliphatic carbocycles. The Bertz CT molecular complexity index is 533. The summed E-state index contributed by atoms with van der Waals surface area (Å²) in [6.07, 6.45) is 5.77. The Hall–Kier alpha value is -1.52. The van der Waals surface area contributed by atoms with Gasteiger partial charge < -0.3 is 5.32 Å². The lowest BCUT2D eigenvalue weighted by Crippen LogP contribution is -2.24. The van der Waals surface area contributed by atoms with Crippen LogP contribution in [-0.2, 0) is 0 Å². The molecule has 5 heteroatoms. The predicted octanol–water partition coefficient (Wildman–Crippen LogP) is 3.36. The molecule has 1 unspecified atom stereocenters. The van der Waals surface area contributed by atoms with Crippen molar-refractivity contribution < 1.29 is 4.39 Å². The maximum absolute atomic E-state index is 14.0. The van der Waals surface area contributed by atoms with Gasteiger partial charge in [-0.1, -0.05) is 18.5 Å². The number of hydrogen-bond donors (Lipinski definition) is 1. The van der Waals surface area contributed by atoms with Gasteiger partial charge in [-0.15, -0.1) is 0 Å². The summed E-state index contributed by atoms with van der Waals surface area (Å²) in [5.74, 6) is -0.290. The van der Waals surface area contributed by atoms with Crippen LogP contribution < -0.4 is 5.32 Å². The molecule has 100 valence electrons. The van der Waals surface area contributed by atoms with Gasteiger partial charge in [0, 0.05) is 28.5 Å². The van der Waals surface area contributed by atoms with Crippen LogP contribution in [0.3, 0.4) is 0 Å². The first-order chi connectivity index (χ1) is 9.22. The number of aromatic nitrogens is 2. The van der Waals surface area contributed by atoms with Crippen molar-refractivity contribution in [3.63, 3.8) is 0 Å². The second kappa shape index (κ2) is 6.59. The second-order valence-electron chi connectivity index (χ2n) is 4.22. The smallest absolute Gasteiger partial charge is 0.128 e. The normalized spacial score (nSPS) is 12.4. The Labute approximate surface area is 116 Å². The molecule has 0 bridgehead atoms. The molecule has 0 saturated carbocycles. The highest BCUT2D eigenvalue weighted by molar-refractivity contribution is 6.30. The molecule has 0 radical (unpaired) electrons. The summed E-state index contributed by atoms with van der Waals surface area (Å²) >= 11 is 5.96. The average Bonchev–Trinajstić information content (AvgIpc) is 2.44. The lowest BCUT2D eigenvalue weighted by molar-refractivity contribution is 0.545. The van der Waals surface area contributed by atoms with Crippen LogP contribution in [0.2, 0.25) is 5.02 Å². The minimum absolute atomic E-state index is 0.290. The van der Waals surface area contributed by atoms with E-state index < -0.39 is 0 Å². The van der Waals surface area contributed by atoms with Crippen LogP contribution in [0, 0.1) is 5.82 Å². The zero-order valence-corrected chi connectivity index (χ0v) is 11.4. The van der Waals surface area contributed by atoms with Gasteiger partial charge in [-0.2, -0.15) is 0 Å². The number of hydrogen-bond acceptors (Lipinski definition) is 3.